The Morgan fingerprint density at radius 3 is 2.23 bits per heavy atom. The fourth-order valence-corrected chi connectivity index (χ4v) is 5.84. The number of ether oxygens (including phenoxy) is 1. The molecule has 35 heavy (non-hydrogen) atoms. The zero-order chi connectivity index (χ0) is 23.9. The number of carbonyl (C=O) groups excluding carboxylic acids is 1. The van der Waals surface area contributed by atoms with Crippen LogP contribution in [0.2, 0.25) is 0 Å². The molecule has 5 nitrogen and oxygen atoms in total. The van der Waals surface area contributed by atoms with Gasteiger partial charge in [0.15, 0.2) is 0 Å². The molecule has 2 heterocycles. The van der Waals surface area contributed by atoms with Gasteiger partial charge in [0.05, 0.1) is 0 Å². The lowest BCUT2D eigenvalue weighted by Crippen LogP contribution is -2.56. The molecule has 1 aliphatic carbocycles. The molecule has 0 radical (unpaired) electrons. The lowest BCUT2D eigenvalue weighted by Gasteiger charge is -2.50. The molecule has 1 aliphatic heterocycles. The topological polar surface area (TPSA) is 54.7 Å². The predicted octanol–water partition coefficient (Wildman–Crippen LogP) is 6.37. The van der Waals surface area contributed by atoms with Gasteiger partial charge in [-0.2, -0.15) is 0 Å². The summed E-state index contributed by atoms with van der Waals surface area (Å²) in [6.07, 6.45) is 9.38. The van der Waals surface area contributed by atoms with Gasteiger partial charge in [-0.05, 0) is 75.2 Å². The fourth-order valence-electron chi connectivity index (χ4n) is 5.84. The number of piperidine rings is 1. The highest BCUT2D eigenvalue weighted by Crippen LogP contribution is 2.38. The normalized spacial score (nSPS) is 23.0. The molecule has 5 heteroatoms. The second-order valence-corrected chi connectivity index (χ2v) is 10.1. The SMILES string of the molecule is O=C(NC1CCC(Cc2ccccc2)(N2CCCCC2)CC1)Oc1ccc(Cc2ccccc2)o1. The predicted molar refractivity (Wildman–Crippen MR) is 138 cm³/mol. The van der Waals surface area contributed by atoms with Crippen molar-refractivity contribution in [2.45, 2.75) is 69.4 Å². The van der Waals surface area contributed by atoms with E-state index in [1.807, 2.05) is 24.3 Å². The first kappa shape index (κ1) is 23.7. The Balaban J connectivity index is 1.15. The molecule has 0 unspecified atom stereocenters. The maximum Gasteiger partial charge on any atom is 0.415 e. The Labute approximate surface area is 208 Å². The summed E-state index contributed by atoms with van der Waals surface area (Å²) in [6, 6.07) is 24.7. The van der Waals surface area contributed by atoms with Crippen LogP contribution in [0.4, 0.5) is 4.79 Å². The van der Waals surface area contributed by atoms with Crippen LogP contribution in [0.15, 0.2) is 77.2 Å². The summed E-state index contributed by atoms with van der Waals surface area (Å²) in [5.74, 6) is 1.03. The van der Waals surface area contributed by atoms with Gasteiger partial charge >= 0.3 is 6.09 Å². The van der Waals surface area contributed by atoms with Crippen molar-refractivity contribution < 1.29 is 13.9 Å². The van der Waals surface area contributed by atoms with Crippen LogP contribution in [0.25, 0.3) is 0 Å². The highest BCUT2D eigenvalue weighted by Gasteiger charge is 2.41. The van der Waals surface area contributed by atoms with Gasteiger partial charge in [-0.25, -0.2) is 4.79 Å². The second-order valence-electron chi connectivity index (χ2n) is 10.1. The van der Waals surface area contributed by atoms with Crippen LogP contribution >= 0.6 is 0 Å². The van der Waals surface area contributed by atoms with Crippen LogP contribution < -0.4 is 10.1 Å². The molecule has 2 aromatic carbocycles. The van der Waals surface area contributed by atoms with Crippen molar-refractivity contribution in [3.63, 3.8) is 0 Å². The summed E-state index contributed by atoms with van der Waals surface area (Å²) in [4.78, 5) is 15.3. The van der Waals surface area contributed by atoms with Gasteiger partial charge in [0, 0.05) is 24.1 Å². The van der Waals surface area contributed by atoms with E-state index >= 15 is 0 Å². The summed E-state index contributed by atoms with van der Waals surface area (Å²) < 4.78 is 11.2. The molecule has 2 fully saturated rings. The molecule has 1 N–H and O–H groups in total. The van der Waals surface area contributed by atoms with E-state index in [9.17, 15) is 4.79 Å². The van der Waals surface area contributed by atoms with Crippen LogP contribution in [0.1, 0.15) is 61.8 Å². The van der Waals surface area contributed by atoms with E-state index in [-0.39, 0.29) is 17.5 Å². The number of amides is 1. The van der Waals surface area contributed by atoms with Gasteiger partial charge in [-0.3, -0.25) is 4.90 Å². The van der Waals surface area contributed by atoms with Gasteiger partial charge in [0.1, 0.15) is 5.76 Å². The van der Waals surface area contributed by atoms with Crippen molar-refractivity contribution in [3.8, 4) is 5.95 Å². The Morgan fingerprint density at radius 1 is 0.886 bits per heavy atom. The zero-order valence-electron chi connectivity index (χ0n) is 20.5. The average Bonchev–Trinajstić information content (AvgIpc) is 3.33. The highest BCUT2D eigenvalue weighted by atomic mass is 16.6. The third-order valence-corrected chi connectivity index (χ3v) is 7.69. The van der Waals surface area contributed by atoms with Crippen LogP contribution in [-0.2, 0) is 12.8 Å². The number of nitrogens with zero attached hydrogens (tertiary/aromatic N) is 1. The molecular weight excluding hydrogens is 436 g/mol. The lowest BCUT2D eigenvalue weighted by atomic mass is 9.73. The molecule has 1 saturated carbocycles. The van der Waals surface area contributed by atoms with Crippen LogP contribution in [0.3, 0.4) is 0 Å². The van der Waals surface area contributed by atoms with Crippen molar-refractivity contribution in [1.82, 2.24) is 10.2 Å². The Kier molecular flexibility index (Phi) is 7.53. The lowest BCUT2D eigenvalue weighted by molar-refractivity contribution is 0.0264. The van der Waals surface area contributed by atoms with Gasteiger partial charge in [-0.15, -0.1) is 0 Å². The number of hydrogen-bond donors (Lipinski definition) is 1. The number of likely N-dealkylation sites (tertiary alicyclic amines) is 1. The number of carbonyl (C=O) groups is 1. The van der Waals surface area contributed by atoms with Gasteiger partial charge in [-0.1, -0.05) is 67.1 Å². The van der Waals surface area contributed by atoms with E-state index in [1.165, 1.54) is 37.9 Å². The van der Waals surface area contributed by atoms with Gasteiger partial charge in [0.25, 0.3) is 5.95 Å². The van der Waals surface area contributed by atoms with E-state index in [0.29, 0.717) is 6.42 Å². The molecule has 0 bridgehead atoms. The maximum atomic E-state index is 12.6. The highest BCUT2D eigenvalue weighted by molar-refractivity contribution is 5.70. The first-order valence-corrected chi connectivity index (χ1v) is 13.1. The second kappa shape index (κ2) is 11.1. The van der Waals surface area contributed by atoms with Gasteiger partial charge < -0.3 is 14.5 Å². The smallest absolute Gasteiger partial charge is 0.415 e. The van der Waals surface area contributed by atoms with E-state index in [1.54, 1.807) is 6.07 Å². The minimum atomic E-state index is -0.427. The Hall–Kier alpha value is -3.05. The number of nitrogens with one attached hydrogen (secondary N) is 1. The monoisotopic (exact) mass is 472 g/mol. The van der Waals surface area contributed by atoms with Crippen molar-refractivity contribution in [2.75, 3.05) is 13.1 Å². The summed E-state index contributed by atoms with van der Waals surface area (Å²) in [7, 11) is 0. The molecule has 3 aromatic rings. The zero-order valence-corrected chi connectivity index (χ0v) is 20.5. The maximum absolute atomic E-state index is 12.6. The van der Waals surface area contributed by atoms with Crippen LogP contribution in [0, 0.1) is 0 Å². The molecular formula is C30H36N2O3. The Morgan fingerprint density at radius 2 is 1.54 bits per heavy atom. The fraction of sp³-hybridized carbons (Fsp3) is 0.433. The van der Waals surface area contributed by atoms with Crippen molar-refractivity contribution in [3.05, 3.63) is 89.7 Å². The summed E-state index contributed by atoms with van der Waals surface area (Å²) in [5, 5.41) is 3.09. The van der Waals surface area contributed by atoms with Gasteiger partial charge in [0.2, 0.25) is 0 Å². The number of hydrogen-bond acceptors (Lipinski definition) is 4. The van der Waals surface area contributed by atoms with E-state index < -0.39 is 6.09 Å². The summed E-state index contributed by atoms with van der Waals surface area (Å²) in [5.41, 5.74) is 2.76. The molecule has 1 amide bonds. The quantitative estimate of drug-likeness (QED) is 0.434. The first-order chi connectivity index (χ1) is 17.2. The van der Waals surface area contributed by atoms with Crippen molar-refractivity contribution in [2.24, 2.45) is 0 Å². The molecule has 184 valence electrons. The largest absolute Gasteiger partial charge is 0.430 e. The van der Waals surface area contributed by atoms with E-state index in [2.05, 4.69) is 52.7 Å². The summed E-state index contributed by atoms with van der Waals surface area (Å²) >= 11 is 0. The third-order valence-electron chi connectivity index (χ3n) is 7.69. The van der Waals surface area contributed by atoms with E-state index in [4.69, 9.17) is 9.15 Å². The van der Waals surface area contributed by atoms with Crippen molar-refractivity contribution in [1.29, 1.82) is 0 Å². The average molecular weight is 473 g/mol. The van der Waals surface area contributed by atoms with Crippen LogP contribution in [0.5, 0.6) is 5.95 Å². The molecule has 2 aliphatic rings. The standard InChI is InChI=1S/C30H36N2O3/c33-29(35-28-15-14-27(34-28)22-24-10-4-1-5-11-24)31-26-16-18-30(19-17-26,32-20-8-3-9-21-32)23-25-12-6-2-7-13-25/h1-2,4-7,10-15,26H,3,8-9,16-23H2,(H,31,33). The molecule has 0 spiro atoms. The number of benzene rings is 2. The molecule has 1 aromatic heterocycles. The molecule has 1 saturated heterocycles. The number of rotatable bonds is 7. The molecule has 5 rings (SSSR count). The first-order valence-electron chi connectivity index (χ1n) is 13.1. The third kappa shape index (κ3) is 6.15. The summed E-state index contributed by atoms with van der Waals surface area (Å²) in [6.45, 7) is 2.38. The minimum Gasteiger partial charge on any atom is -0.430 e. The van der Waals surface area contributed by atoms with Crippen LogP contribution in [-0.4, -0.2) is 35.7 Å². The molecule has 0 atom stereocenters. The minimum absolute atomic E-state index is 0.134. The number of furan rings is 1. The Bertz CT molecular complexity index is 1070. The van der Waals surface area contributed by atoms with E-state index in [0.717, 1.165) is 43.4 Å². The van der Waals surface area contributed by atoms with Crippen molar-refractivity contribution >= 4 is 6.09 Å².